The Morgan fingerprint density at radius 3 is 2.73 bits per heavy atom. The number of ether oxygens (including phenoxy) is 1. The van der Waals surface area contributed by atoms with E-state index in [-0.39, 0.29) is 18.1 Å². The second-order valence-corrected chi connectivity index (χ2v) is 4.03. The molecule has 1 saturated heterocycles. The lowest BCUT2D eigenvalue weighted by molar-refractivity contribution is 0.0780. The van der Waals surface area contributed by atoms with Crippen molar-refractivity contribution < 1.29 is 9.53 Å². The zero-order valence-corrected chi connectivity index (χ0v) is 9.53. The molecule has 5 heteroatoms. The molecule has 0 saturated carbocycles. The van der Waals surface area contributed by atoms with Crippen LogP contribution in [0, 0.1) is 0 Å². The molecule has 0 bridgehead atoms. The van der Waals surface area contributed by atoms with Crippen LogP contribution in [0.5, 0.6) is 0 Å². The largest absolute Gasteiger partial charge is 0.381 e. The Balaban J connectivity index is 2.33. The Kier molecular flexibility index (Phi) is 4.84. The molecule has 0 aliphatic carbocycles. The van der Waals surface area contributed by atoms with Gasteiger partial charge in [0.2, 0.25) is 0 Å². The lowest BCUT2D eigenvalue weighted by Crippen LogP contribution is -2.49. The molecule has 1 atom stereocenters. The second kappa shape index (κ2) is 5.92. The van der Waals surface area contributed by atoms with Gasteiger partial charge in [0, 0.05) is 38.9 Å². The summed E-state index contributed by atoms with van der Waals surface area (Å²) in [5.41, 5.74) is 5.50. The van der Waals surface area contributed by atoms with Crippen molar-refractivity contribution in [3.63, 3.8) is 0 Å². The van der Waals surface area contributed by atoms with E-state index in [1.165, 1.54) is 0 Å². The fraction of sp³-hybridized carbons (Fsp3) is 0.900. The molecule has 88 valence electrons. The van der Waals surface area contributed by atoms with E-state index in [2.05, 4.69) is 5.32 Å². The van der Waals surface area contributed by atoms with Crippen LogP contribution in [0.2, 0.25) is 0 Å². The molecule has 0 aromatic heterocycles. The molecule has 15 heavy (non-hydrogen) atoms. The quantitative estimate of drug-likeness (QED) is 0.704. The SMILES string of the molecule is CC(CN)N(C)C(=O)NC1CCOCC1. The molecule has 3 N–H and O–H groups in total. The van der Waals surface area contributed by atoms with Crippen LogP contribution in [0.3, 0.4) is 0 Å². The molecule has 1 heterocycles. The van der Waals surface area contributed by atoms with Gasteiger partial charge in [-0.15, -0.1) is 0 Å². The summed E-state index contributed by atoms with van der Waals surface area (Å²) in [5, 5.41) is 2.99. The van der Waals surface area contributed by atoms with E-state index >= 15 is 0 Å². The Morgan fingerprint density at radius 1 is 1.60 bits per heavy atom. The van der Waals surface area contributed by atoms with Gasteiger partial charge < -0.3 is 20.7 Å². The van der Waals surface area contributed by atoms with Gasteiger partial charge in [-0.2, -0.15) is 0 Å². The number of rotatable bonds is 3. The summed E-state index contributed by atoms with van der Waals surface area (Å²) in [5.74, 6) is 0. The third-order valence-electron chi connectivity index (χ3n) is 2.87. The van der Waals surface area contributed by atoms with Crippen LogP contribution >= 0.6 is 0 Å². The number of carbonyl (C=O) groups excluding carboxylic acids is 1. The molecule has 0 spiro atoms. The smallest absolute Gasteiger partial charge is 0.317 e. The van der Waals surface area contributed by atoms with Crippen molar-refractivity contribution in [1.82, 2.24) is 10.2 Å². The first-order valence-electron chi connectivity index (χ1n) is 5.46. The zero-order chi connectivity index (χ0) is 11.3. The Hall–Kier alpha value is -0.810. The van der Waals surface area contributed by atoms with Crippen LogP contribution < -0.4 is 11.1 Å². The van der Waals surface area contributed by atoms with Crippen LogP contribution in [-0.4, -0.2) is 49.8 Å². The highest BCUT2D eigenvalue weighted by Crippen LogP contribution is 2.07. The third-order valence-corrected chi connectivity index (χ3v) is 2.87. The van der Waals surface area contributed by atoms with Gasteiger partial charge in [0.15, 0.2) is 0 Å². The number of carbonyl (C=O) groups is 1. The fourth-order valence-electron chi connectivity index (χ4n) is 1.48. The van der Waals surface area contributed by atoms with Gasteiger partial charge in [-0.1, -0.05) is 0 Å². The normalized spacial score (nSPS) is 19.7. The summed E-state index contributed by atoms with van der Waals surface area (Å²) in [7, 11) is 1.77. The number of nitrogens with two attached hydrogens (primary N) is 1. The van der Waals surface area contributed by atoms with E-state index in [9.17, 15) is 4.79 Å². The summed E-state index contributed by atoms with van der Waals surface area (Å²) in [6.45, 7) is 3.89. The molecule has 1 aliphatic heterocycles. The van der Waals surface area contributed by atoms with Gasteiger partial charge in [-0.25, -0.2) is 4.79 Å². The minimum Gasteiger partial charge on any atom is -0.381 e. The first kappa shape index (κ1) is 12.3. The predicted octanol–water partition coefficient (Wildman–Crippen LogP) is 0.154. The summed E-state index contributed by atoms with van der Waals surface area (Å²) < 4.78 is 5.23. The topological polar surface area (TPSA) is 67.6 Å². The number of likely N-dealkylation sites (N-methyl/N-ethyl adjacent to an activating group) is 1. The molecule has 1 aliphatic rings. The number of hydrogen-bond acceptors (Lipinski definition) is 3. The molecule has 1 fully saturated rings. The van der Waals surface area contributed by atoms with E-state index in [0.29, 0.717) is 6.54 Å². The van der Waals surface area contributed by atoms with Gasteiger partial charge >= 0.3 is 6.03 Å². The standard InChI is InChI=1S/C10H21N3O2/c1-8(7-11)13(2)10(14)12-9-3-5-15-6-4-9/h8-9H,3-7,11H2,1-2H3,(H,12,14). The summed E-state index contributed by atoms with van der Waals surface area (Å²) in [4.78, 5) is 13.4. The number of hydrogen-bond donors (Lipinski definition) is 2. The van der Waals surface area contributed by atoms with Crippen molar-refractivity contribution in [3.8, 4) is 0 Å². The highest BCUT2D eigenvalue weighted by Gasteiger charge is 2.20. The van der Waals surface area contributed by atoms with Crippen molar-refractivity contribution in [1.29, 1.82) is 0 Å². The first-order chi connectivity index (χ1) is 7.15. The number of urea groups is 1. The maximum Gasteiger partial charge on any atom is 0.317 e. The lowest BCUT2D eigenvalue weighted by atomic mass is 10.1. The number of nitrogens with one attached hydrogen (secondary N) is 1. The highest BCUT2D eigenvalue weighted by atomic mass is 16.5. The summed E-state index contributed by atoms with van der Waals surface area (Å²) >= 11 is 0. The van der Waals surface area contributed by atoms with Crippen molar-refractivity contribution in [3.05, 3.63) is 0 Å². The van der Waals surface area contributed by atoms with Crippen LogP contribution in [0.25, 0.3) is 0 Å². The van der Waals surface area contributed by atoms with E-state index in [1.54, 1.807) is 11.9 Å². The zero-order valence-electron chi connectivity index (χ0n) is 9.53. The Labute approximate surface area is 90.9 Å². The Bertz CT molecular complexity index is 205. The summed E-state index contributed by atoms with van der Waals surface area (Å²) in [6.07, 6.45) is 1.80. The molecule has 1 unspecified atom stereocenters. The molecule has 0 radical (unpaired) electrons. The van der Waals surface area contributed by atoms with E-state index in [0.717, 1.165) is 26.1 Å². The van der Waals surface area contributed by atoms with Gasteiger partial charge in [-0.05, 0) is 19.8 Å². The van der Waals surface area contributed by atoms with Gasteiger partial charge in [0.25, 0.3) is 0 Å². The summed E-state index contributed by atoms with van der Waals surface area (Å²) in [6, 6.07) is 0.281. The highest BCUT2D eigenvalue weighted by molar-refractivity contribution is 5.74. The fourth-order valence-corrected chi connectivity index (χ4v) is 1.48. The average Bonchev–Trinajstić information content (AvgIpc) is 2.28. The van der Waals surface area contributed by atoms with Crippen molar-refractivity contribution in [2.75, 3.05) is 26.8 Å². The minimum atomic E-state index is -0.0418. The van der Waals surface area contributed by atoms with Crippen molar-refractivity contribution >= 4 is 6.03 Å². The van der Waals surface area contributed by atoms with Gasteiger partial charge in [-0.3, -0.25) is 0 Å². The minimum absolute atomic E-state index is 0.0418. The second-order valence-electron chi connectivity index (χ2n) is 4.03. The van der Waals surface area contributed by atoms with E-state index in [1.807, 2.05) is 6.92 Å². The van der Waals surface area contributed by atoms with Gasteiger partial charge in [0.1, 0.15) is 0 Å². The number of amides is 2. The monoisotopic (exact) mass is 215 g/mol. The molecular formula is C10H21N3O2. The molecular weight excluding hydrogens is 194 g/mol. The van der Waals surface area contributed by atoms with E-state index < -0.39 is 0 Å². The molecule has 2 amide bonds. The van der Waals surface area contributed by atoms with Crippen molar-refractivity contribution in [2.45, 2.75) is 31.8 Å². The predicted molar refractivity (Wildman–Crippen MR) is 58.7 cm³/mol. The Morgan fingerprint density at radius 2 is 2.20 bits per heavy atom. The van der Waals surface area contributed by atoms with Crippen molar-refractivity contribution in [2.24, 2.45) is 5.73 Å². The third kappa shape index (κ3) is 3.68. The molecule has 0 aromatic rings. The van der Waals surface area contributed by atoms with Crippen LogP contribution in [0.15, 0.2) is 0 Å². The molecule has 0 aromatic carbocycles. The van der Waals surface area contributed by atoms with Crippen LogP contribution in [-0.2, 0) is 4.74 Å². The van der Waals surface area contributed by atoms with Crippen LogP contribution in [0.1, 0.15) is 19.8 Å². The molecule has 5 nitrogen and oxygen atoms in total. The van der Waals surface area contributed by atoms with E-state index in [4.69, 9.17) is 10.5 Å². The molecule has 1 rings (SSSR count). The maximum absolute atomic E-state index is 11.7. The van der Waals surface area contributed by atoms with Gasteiger partial charge in [0.05, 0.1) is 0 Å². The first-order valence-corrected chi connectivity index (χ1v) is 5.46. The van der Waals surface area contributed by atoms with Crippen LogP contribution in [0.4, 0.5) is 4.79 Å². The number of nitrogens with zero attached hydrogens (tertiary/aromatic N) is 1. The lowest BCUT2D eigenvalue weighted by Gasteiger charge is -2.29. The average molecular weight is 215 g/mol. The maximum atomic E-state index is 11.7.